The average Bonchev–Trinajstić information content (AvgIpc) is 2.90. The molecule has 25 heavy (non-hydrogen) atoms. The molecule has 1 amide bonds. The second-order valence-corrected chi connectivity index (χ2v) is 8.60. The number of carbonyl (C=O) groups excluding carboxylic acids is 1. The Morgan fingerprint density at radius 1 is 1.32 bits per heavy atom. The third kappa shape index (κ3) is 4.98. The second-order valence-electron chi connectivity index (χ2n) is 8.60. The molecule has 1 aliphatic heterocycles. The van der Waals surface area contributed by atoms with Crippen LogP contribution < -0.4 is 10.9 Å². The van der Waals surface area contributed by atoms with Crippen LogP contribution in [0.15, 0.2) is 12.3 Å². The SMILES string of the molecule is CC(Cn1ccc(B2OC(C)(C)C(C)(C)O2)n1)NC(=O)OC(C)(C)C. The summed E-state index contributed by atoms with van der Waals surface area (Å²) in [6.45, 7) is 16.0. The van der Waals surface area contributed by atoms with Gasteiger partial charge in [-0.2, -0.15) is 5.10 Å². The van der Waals surface area contributed by atoms with Gasteiger partial charge >= 0.3 is 13.2 Å². The van der Waals surface area contributed by atoms with E-state index in [1.165, 1.54) is 0 Å². The molecule has 0 aromatic carbocycles. The number of carbonyl (C=O) groups is 1. The first-order valence-electron chi connectivity index (χ1n) is 8.68. The molecule has 1 fully saturated rings. The minimum absolute atomic E-state index is 0.124. The van der Waals surface area contributed by atoms with Crippen LogP contribution >= 0.6 is 0 Å². The summed E-state index contributed by atoms with van der Waals surface area (Å²) < 4.78 is 19.0. The van der Waals surface area contributed by atoms with Crippen LogP contribution in [-0.4, -0.2) is 45.8 Å². The lowest BCUT2D eigenvalue weighted by atomic mass is 9.85. The monoisotopic (exact) mass is 351 g/mol. The van der Waals surface area contributed by atoms with Gasteiger partial charge in [0.25, 0.3) is 0 Å². The molecule has 8 heteroatoms. The van der Waals surface area contributed by atoms with Crippen molar-refractivity contribution in [3.8, 4) is 0 Å². The summed E-state index contributed by atoms with van der Waals surface area (Å²) in [5.41, 5.74) is -0.581. The molecule has 1 atom stereocenters. The number of nitrogens with zero attached hydrogens (tertiary/aromatic N) is 2. The van der Waals surface area contributed by atoms with Crippen molar-refractivity contribution in [3.63, 3.8) is 0 Å². The maximum Gasteiger partial charge on any atom is 0.516 e. The molecular weight excluding hydrogens is 321 g/mol. The van der Waals surface area contributed by atoms with Crippen molar-refractivity contribution in [2.45, 2.75) is 84.8 Å². The van der Waals surface area contributed by atoms with E-state index in [0.717, 1.165) is 5.59 Å². The Morgan fingerprint density at radius 3 is 2.40 bits per heavy atom. The summed E-state index contributed by atoms with van der Waals surface area (Å²) in [4.78, 5) is 11.8. The van der Waals surface area contributed by atoms with Gasteiger partial charge in [0.05, 0.1) is 23.3 Å². The third-order valence-electron chi connectivity index (χ3n) is 4.38. The van der Waals surface area contributed by atoms with E-state index in [0.29, 0.717) is 6.54 Å². The topological polar surface area (TPSA) is 74.6 Å². The highest BCUT2D eigenvalue weighted by atomic mass is 16.7. The van der Waals surface area contributed by atoms with Crippen molar-refractivity contribution in [1.82, 2.24) is 15.1 Å². The predicted octanol–water partition coefficient (Wildman–Crippen LogP) is 2.10. The molecule has 2 rings (SSSR count). The van der Waals surface area contributed by atoms with Crippen LogP contribution in [0, 0.1) is 0 Å². The summed E-state index contributed by atoms with van der Waals surface area (Å²) in [5, 5.41) is 7.33. The van der Waals surface area contributed by atoms with Gasteiger partial charge in [0.15, 0.2) is 0 Å². The maximum absolute atomic E-state index is 11.8. The van der Waals surface area contributed by atoms with E-state index in [-0.39, 0.29) is 6.04 Å². The van der Waals surface area contributed by atoms with Crippen LogP contribution in [0.5, 0.6) is 0 Å². The lowest BCUT2D eigenvalue weighted by Crippen LogP contribution is -2.41. The minimum Gasteiger partial charge on any atom is -0.444 e. The zero-order valence-corrected chi connectivity index (χ0v) is 16.5. The number of rotatable bonds is 4. The smallest absolute Gasteiger partial charge is 0.444 e. The van der Waals surface area contributed by atoms with Crippen LogP contribution in [0.1, 0.15) is 55.4 Å². The third-order valence-corrected chi connectivity index (χ3v) is 4.38. The molecule has 0 spiro atoms. The number of nitrogens with one attached hydrogen (secondary N) is 1. The first-order valence-corrected chi connectivity index (χ1v) is 8.68. The molecule has 1 unspecified atom stereocenters. The normalized spacial score (nSPS) is 20.4. The quantitative estimate of drug-likeness (QED) is 0.841. The standard InChI is InChI=1S/C17H30BN3O4/c1-12(19-14(22)23-15(2,3)4)11-21-10-9-13(20-21)18-24-16(5,6)17(7,8)25-18/h9-10,12H,11H2,1-8H3,(H,19,22). The van der Waals surface area contributed by atoms with Gasteiger partial charge < -0.3 is 19.4 Å². The molecule has 1 saturated heterocycles. The lowest BCUT2D eigenvalue weighted by Gasteiger charge is -2.32. The second kappa shape index (κ2) is 6.65. The number of hydrogen-bond acceptors (Lipinski definition) is 5. The van der Waals surface area contributed by atoms with Crippen LogP contribution in [0.2, 0.25) is 0 Å². The summed E-state index contributed by atoms with van der Waals surface area (Å²) in [7, 11) is -0.486. The highest BCUT2D eigenvalue weighted by Crippen LogP contribution is 2.36. The molecule has 1 aromatic rings. The van der Waals surface area contributed by atoms with Crippen molar-refractivity contribution >= 4 is 18.8 Å². The van der Waals surface area contributed by atoms with Crippen molar-refractivity contribution in [1.29, 1.82) is 0 Å². The van der Waals surface area contributed by atoms with Crippen LogP contribution in [0.25, 0.3) is 0 Å². The molecule has 0 saturated carbocycles. The molecule has 2 heterocycles. The first kappa shape index (κ1) is 19.8. The predicted molar refractivity (Wildman–Crippen MR) is 96.8 cm³/mol. The van der Waals surface area contributed by atoms with Gasteiger partial charge in [-0.1, -0.05) is 0 Å². The fourth-order valence-electron chi connectivity index (χ4n) is 2.40. The van der Waals surface area contributed by atoms with E-state index in [2.05, 4.69) is 10.4 Å². The molecule has 140 valence electrons. The van der Waals surface area contributed by atoms with Gasteiger partial charge in [-0.25, -0.2) is 4.79 Å². The number of alkyl carbamates (subject to hydrolysis) is 1. The molecule has 1 N–H and O–H groups in total. The zero-order chi connectivity index (χ0) is 19.0. The van der Waals surface area contributed by atoms with Gasteiger partial charge in [0.2, 0.25) is 0 Å². The Kier molecular flexibility index (Phi) is 5.26. The van der Waals surface area contributed by atoms with Crippen LogP contribution in [-0.2, 0) is 20.6 Å². The highest BCUT2D eigenvalue weighted by Gasteiger charge is 2.52. The molecule has 1 aliphatic rings. The number of hydrogen-bond donors (Lipinski definition) is 1. The van der Waals surface area contributed by atoms with Crippen molar-refractivity contribution in [2.24, 2.45) is 0 Å². The van der Waals surface area contributed by atoms with Crippen molar-refractivity contribution in [3.05, 3.63) is 12.3 Å². The Labute approximate surface area is 150 Å². The van der Waals surface area contributed by atoms with Gasteiger partial charge in [0, 0.05) is 12.2 Å². The Bertz CT molecular complexity index is 606. The number of amides is 1. The summed E-state index contributed by atoms with van der Waals surface area (Å²) in [6.07, 6.45) is 1.42. The van der Waals surface area contributed by atoms with Gasteiger partial charge in [-0.3, -0.25) is 4.68 Å². The molecule has 0 radical (unpaired) electrons. The fraction of sp³-hybridized carbons (Fsp3) is 0.765. The highest BCUT2D eigenvalue weighted by molar-refractivity contribution is 6.61. The first-order chi connectivity index (χ1) is 11.3. The molecule has 1 aromatic heterocycles. The summed E-state index contributed by atoms with van der Waals surface area (Å²) in [6, 6.07) is 1.75. The maximum atomic E-state index is 11.8. The van der Waals surface area contributed by atoms with E-state index in [9.17, 15) is 4.79 Å². The molecule has 7 nitrogen and oxygen atoms in total. The average molecular weight is 351 g/mol. The number of ether oxygens (including phenoxy) is 1. The molecule has 0 bridgehead atoms. The van der Waals surface area contributed by atoms with Gasteiger partial charge in [0.1, 0.15) is 5.60 Å². The zero-order valence-electron chi connectivity index (χ0n) is 16.5. The summed E-state index contributed by atoms with van der Waals surface area (Å²) >= 11 is 0. The van der Waals surface area contributed by atoms with E-state index >= 15 is 0 Å². The number of aromatic nitrogens is 2. The molecule has 0 aliphatic carbocycles. The van der Waals surface area contributed by atoms with Crippen LogP contribution in [0.3, 0.4) is 0 Å². The van der Waals surface area contributed by atoms with E-state index in [1.54, 1.807) is 4.68 Å². The fourth-order valence-corrected chi connectivity index (χ4v) is 2.40. The van der Waals surface area contributed by atoms with E-state index in [4.69, 9.17) is 14.0 Å². The van der Waals surface area contributed by atoms with Gasteiger partial charge in [-0.15, -0.1) is 0 Å². The molecular formula is C17H30BN3O4. The lowest BCUT2D eigenvalue weighted by molar-refractivity contribution is 0.00578. The Balaban J connectivity index is 1.93. The van der Waals surface area contributed by atoms with Crippen LogP contribution in [0.4, 0.5) is 4.79 Å². The Hall–Kier alpha value is -1.54. The van der Waals surface area contributed by atoms with Gasteiger partial charge in [-0.05, 0) is 61.5 Å². The Morgan fingerprint density at radius 2 is 1.88 bits per heavy atom. The minimum atomic E-state index is -0.514. The largest absolute Gasteiger partial charge is 0.516 e. The van der Waals surface area contributed by atoms with Crippen molar-refractivity contribution < 1.29 is 18.8 Å². The van der Waals surface area contributed by atoms with E-state index < -0.39 is 30.0 Å². The van der Waals surface area contributed by atoms with Crippen molar-refractivity contribution in [2.75, 3.05) is 0 Å². The summed E-state index contributed by atoms with van der Waals surface area (Å²) in [5.74, 6) is 0. The van der Waals surface area contributed by atoms with E-state index in [1.807, 2.05) is 67.7 Å².